The first kappa shape index (κ1) is 19.1. The van der Waals surface area contributed by atoms with Crippen LogP contribution >= 0.6 is 0 Å². The molecule has 2 aromatic rings. The Morgan fingerprint density at radius 1 is 1.12 bits per heavy atom. The van der Waals surface area contributed by atoms with Crippen LogP contribution in [0.4, 0.5) is 5.69 Å². The quantitative estimate of drug-likeness (QED) is 0.352. The molecule has 0 saturated carbocycles. The number of hydrogen-bond acceptors (Lipinski definition) is 6. The number of carbonyl (C=O) groups excluding carboxylic acids is 1. The lowest BCUT2D eigenvalue weighted by atomic mass is 10.1. The third-order valence-electron chi connectivity index (χ3n) is 3.51. The average molecular weight is 355 g/mol. The number of aliphatic imine (C=N–C) groups is 1. The summed E-state index contributed by atoms with van der Waals surface area (Å²) in [4.78, 5) is 16.6. The number of ether oxygens (including phenoxy) is 3. The molecule has 0 radical (unpaired) electrons. The number of aliphatic hydroxyl groups excluding tert-OH is 1. The number of rotatable bonds is 7. The predicted octanol–water partition coefficient (Wildman–Crippen LogP) is 3.94. The predicted molar refractivity (Wildman–Crippen MR) is 100 cm³/mol. The van der Waals surface area contributed by atoms with Crippen molar-refractivity contribution in [1.82, 2.24) is 0 Å². The van der Waals surface area contributed by atoms with E-state index in [1.165, 1.54) is 20.4 Å². The van der Waals surface area contributed by atoms with Crippen molar-refractivity contribution in [1.29, 1.82) is 0 Å². The van der Waals surface area contributed by atoms with Gasteiger partial charge in [0.05, 0.1) is 32.1 Å². The van der Waals surface area contributed by atoms with E-state index >= 15 is 0 Å². The zero-order valence-electron chi connectivity index (χ0n) is 14.9. The minimum Gasteiger partial charge on any atom is -0.506 e. The highest BCUT2D eigenvalue weighted by Gasteiger charge is 2.19. The standard InChI is InChI=1S/C20H21NO5/c1-4-26-20(23)17(13-21-14-8-6-5-7-9-14)19(22)16-12-15(24-2)10-11-18(16)25-3/h5-13,22H,4H2,1-3H3/b19-17-,21-13?. The molecule has 0 atom stereocenters. The fourth-order valence-electron chi connectivity index (χ4n) is 2.22. The molecule has 2 aromatic carbocycles. The van der Waals surface area contributed by atoms with Gasteiger partial charge in [0.25, 0.3) is 0 Å². The monoisotopic (exact) mass is 355 g/mol. The second kappa shape index (κ2) is 9.27. The summed E-state index contributed by atoms with van der Waals surface area (Å²) < 4.78 is 15.5. The number of benzene rings is 2. The zero-order chi connectivity index (χ0) is 18.9. The highest BCUT2D eigenvalue weighted by atomic mass is 16.5. The van der Waals surface area contributed by atoms with Crippen molar-refractivity contribution in [2.45, 2.75) is 6.92 Å². The van der Waals surface area contributed by atoms with Crippen LogP contribution in [0.3, 0.4) is 0 Å². The van der Waals surface area contributed by atoms with Gasteiger partial charge in [-0.25, -0.2) is 4.79 Å². The normalized spacial score (nSPS) is 11.8. The summed E-state index contributed by atoms with van der Waals surface area (Å²) in [7, 11) is 2.98. The van der Waals surface area contributed by atoms with Crippen molar-refractivity contribution in [3.05, 3.63) is 59.7 Å². The van der Waals surface area contributed by atoms with Gasteiger partial charge in [-0.3, -0.25) is 4.99 Å². The number of carbonyl (C=O) groups is 1. The van der Waals surface area contributed by atoms with Crippen molar-refractivity contribution in [2.24, 2.45) is 4.99 Å². The number of hydrogen-bond donors (Lipinski definition) is 1. The van der Waals surface area contributed by atoms with Crippen LogP contribution in [0.1, 0.15) is 12.5 Å². The fraction of sp³-hybridized carbons (Fsp3) is 0.200. The second-order valence-corrected chi connectivity index (χ2v) is 5.14. The fourth-order valence-corrected chi connectivity index (χ4v) is 2.22. The minimum absolute atomic E-state index is 0.0812. The summed E-state index contributed by atoms with van der Waals surface area (Å²) in [5, 5.41) is 10.7. The molecule has 0 unspecified atom stereocenters. The lowest BCUT2D eigenvalue weighted by Gasteiger charge is -2.12. The maximum atomic E-state index is 12.3. The molecule has 0 fully saturated rings. The molecule has 0 amide bonds. The van der Waals surface area contributed by atoms with Crippen LogP contribution in [0.5, 0.6) is 11.5 Å². The van der Waals surface area contributed by atoms with Gasteiger partial charge in [0.15, 0.2) is 0 Å². The van der Waals surface area contributed by atoms with Crippen LogP contribution in [0, 0.1) is 0 Å². The molecule has 1 N–H and O–H groups in total. The van der Waals surface area contributed by atoms with Crippen LogP contribution in [0.25, 0.3) is 5.76 Å². The van der Waals surface area contributed by atoms with Gasteiger partial charge in [-0.05, 0) is 37.3 Å². The third kappa shape index (κ3) is 4.63. The number of methoxy groups -OCH3 is 2. The summed E-state index contributed by atoms with van der Waals surface area (Å²) >= 11 is 0. The van der Waals surface area contributed by atoms with Crippen molar-refractivity contribution >= 4 is 23.6 Å². The van der Waals surface area contributed by atoms with Crippen LogP contribution < -0.4 is 9.47 Å². The number of esters is 1. The molecule has 0 spiro atoms. The minimum atomic E-state index is -0.686. The first-order chi connectivity index (χ1) is 12.6. The maximum Gasteiger partial charge on any atom is 0.343 e. The molecule has 6 nitrogen and oxygen atoms in total. The summed E-state index contributed by atoms with van der Waals surface area (Å²) in [6, 6.07) is 14.0. The van der Waals surface area contributed by atoms with Crippen LogP contribution in [-0.2, 0) is 9.53 Å². The molecule has 0 aliphatic heterocycles. The van der Waals surface area contributed by atoms with Gasteiger partial charge >= 0.3 is 5.97 Å². The Morgan fingerprint density at radius 3 is 2.46 bits per heavy atom. The smallest absolute Gasteiger partial charge is 0.343 e. The van der Waals surface area contributed by atoms with Crippen LogP contribution in [-0.4, -0.2) is 38.1 Å². The van der Waals surface area contributed by atoms with E-state index in [-0.39, 0.29) is 17.9 Å². The molecule has 136 valence electrons. The lowest BCUT2D eigenvalue weighted by Crippen LogP contribution is -2.11. The first-order valence-corrected chi connectivity index (χ1v) is 8.02. The van der Waals surface area contributed by atoms with Crippen molar-refractivity contribution in [3.8, 4) is 11.5 Å². The van der Waals surface area contributed by atoms with Crippen molar-refractivity contribution in [2.75, 3.05) is 20.8 Å². The molecule has 0 bridgehead atoms. The average Bonchev–Trinajstić information content (AvgIpc) is 2.68. The second-order valence-electron chi connectivity index (χ2n) is 5.14. The van der Waals surface area contributed by atoms with Gasteiger partial charge in [0, 0.05) is 6.21 Å². The van der Waals surface area contributed by atoms with Gasteiger partial charge in [-0.15, -0.1) is 0 Å². The summed E-state index contributed by atoms with van der Waals surface area (Å²) in [6.07, 6.45) is 1.28. The number of para-hydroxylation sites is 1. The summed E-state index contributed by atoms with van der Waals surface area (Å²) in [5.41, 5.74) is 0.858. The Kier molecular flexibility index (Phi) is 6.79. The van der Waals surface area contributed by atoms with E-state index in [9.17, 15) is 9.90 Å². The van der Waals surface area contributed by atoms with Gasteiger partial charge < -0.3 is 19.3 Å². The summed E-state index contributed by atoms with van der Waals surface area (Å²) in [6.45, 7) is 1.86. The Bertz CT molecular complexity index is 812. The molecule has 0 aliphatic carbocycles. The Morgan fingerprint density at radius 2 is 1.85 bits per heavy atom. The van der Waals surface area contributed by atoms with Crippen molar-refractivity contribution in [3.63, 3.8) is 0 Å². The van der Waals surface area contributed by atoms with E-state index in [1.54, 1.807) is 37.3 Å². The van der Waals surface area contributed by atoms with E-state index in [0.717, 1.165) is 0 Å². The Hall–Kier alpha value is -3.28. The topological polar surface area (TPSA) is 77.4 Å². The molecule has 26 heavy (non-hydrogen) atoms. The molecule has 0 aromatic heterocycles. The highest BCUT2D eigenvalue weighted by Crippen LogP contribution is 2.30. The van der Waals surface area contributed by atoms with Crippen LogP contribution in [0.15, 0.2) is 59.1 Å². The summed E-state index contributed by atoms with van der Waals surface area (Å²) in [5.74, 6) is -0.0952. The molecular formula is C20H21NO5. The molecular weight excluding hydrogens is 334 g/mol. The van der Waals surface area contributed by atoms with E-state index in [4.69, 9.17) is 14.2 Å². The maximum absolute atomic E-state index is 12.3. The molecule has 0 heterocycles. The van der Waals surface area contributed by atoms with Crippen molar-refractivity contribution < 1.29 is 24.1 Å². The Balaban J connectivity index is 2.55. The third-order valence-corrected chi connectivity index (χ3v) is 3.51. The van der Waals surface area contributed by atoms with E-state index in [2.05, 4.69) is 4.99 Å². The van der Waals surface area contributed by atoms with E-state index < -0.39 is 5.97 Å². The Labute approximate surface area is 152 Å². The van der Waals surface area contributed by atoms with Gasteiger partial charge in [0.1, 0.15) is 22.8 Å². The molecule has 0 aliphatic rings. The van der Waals surface area contributed by atoms with Gasteiger partial charge in [-0.2, -0.15) is 0 Å². The molecule has 6 heteroatoms. The number of aliphatic hydroxyl groups is 1. The van der Waals surface area contributed by atoms with Gasteiger partial charge in [0.2, 0.25) is 0 Å². The molecule has 2 rings (SSSR count). The largest absolute Gasteiger partial charge is 0.506 e. The highest BCUT2D eigenvalue weighted by molar-refractivity contribution is 6.15. The SMILES string of the molecule is CCOC(=O)/C(C=Nc1ccccc1)=C(\O)c1cc(OC)ccc1OC. The first-order valence-electron chi connectivity index (χ1n) is 8.02. The number of nitrogens with zero attached hydrogens (tertiary/aromatic N) is 1. The van der Waals surface area contributed by atoms with Crippen LogP contribution in [0.2, 0.25) is 0 Å². The zero-order valence-corrected chi connectivity index (χ0v) is 14.9. The van der Waals surface area contributed by atoms with E-state index in [0.29, 0.717) is 22.7 Å². The molecule has 0 saturated heterocycles. The van der Waals surface area contributed by atoms with E-state index in [1.807, 2.05) is 18.2 Å². The van der Waals surface area contributed by atoms with Gasteiger partial charge in [-0.1, -0.05) is 18.2 Å². The lowest BCUT2D eigenvalue weighted by molar-refractivity contribution is -0.137.